The van der Waals surface area contributed by atoms with E-state index < -0.39 is 6.09 Å². The summed E-state index contributed by atoms with van der Waals surface area (Å²) in [6.45, 7) is 4.49. The van der Waals surface area contributed by atoms with Gasteiger partial charge in [0.1, 0.15) is 24.1 Å². The second-order valence-electron chi connectivity index (χ2n) is 3.84. The number of nitrogen functional groups attached to an aromatic ring is 1. The highest BCUT2D eigenvalue weighted by atomic mass is 16.5. The number of carbonyl (C=O) groups is 1. The molecule has 0 aromatic carbocycles. The zero-order chi connectivity index (χ0) is 13.5. The van der Waals surface area contributed by atoms with Crippen LogP contribution in [0.5, 0.6) is 0 Å². The van der Waals surface area contributed by atoms with Gasteiger partial charge in [0.05, 0.1) is 6.54 Å². The Kier molecular flexibility index (Phi) is 5.16. The van der Waals surface area contributed by atoms with Crippen molar-refractivity contribution in [2.75, 3.05) is 24.2 Å². The van der Waals surface area contributed by atoms with Crippen LogP contribution in [-0.4, -0.2) is 29.2 Å². The molecule has 18 heavy (non-hydrogen) atoms. The van der Waals surface area contributed by atoms with Crippen molar-refractivity contribution >= 4 is 17.7 Å². The van der Waals surface area contributed by atoms with Gasteiger partial charge in [-0.1, -0.05) is 6.92 Å². The van der Waals surface area contributed by atoms with Crippen LogP contribution in [0, 0.1) is 6.92 Å². The maximum Gasteiger partial charge on any atom is 0.404 e. The summed E-state index contributed by atoms with van der Waals surface area (Å²) in [7, 11) is 0. The number of carbonyl (C=O) groups excluding carboxylic acids is 1. The number of nitrogens with two attached hydrogens (primary N) is 2. The molecular weight excluding hydrogens is 234 g/mol. The first-order chi connectivity index (χ1) is 8.54. The van der Waals surface area contributed by atoms with Crippen molar-refractivity contribution in [1.82, 2.24) is 9.97 Å². The molecular formula is C11H19N5O2. The third kappa shape index (κ3) is 4.08. The van der Waals surface area contributed by atoms with Gasteiger partial charge in [0.2, 0.25) is 0 Å². The van der Waals surface area contributed by atoms with Crippen LogP contribution in [0.2, 0.25) is 0 Å². The Hall–Kier alpha value is -2.05. The molecule has 100 valence electrons. The Morgan fingerprint density at radius 2 is 2.17 bits per heavy atom. The lowest BCUT2D eigenvalue weighted by molar-refractivity contribution is 0.161. The number of nitrogens with one attached hydrogen (secondary N) is 1. The molecule has 0 fully saturated rings. The average molecular weight is 253 g/mol. The normalized spacial score (nSPS) is 10.1. The Bertz CT molecular complexity index is 422. The Morgan fingerprint density at radius 3 is 2.78 bits per heavy atom. The summed E-state index contributed by atoms with van der Waals surface area (Å²) in [5.74, 6) is 1.84. The molecule has 7 nitrogen and oxygen atoms in total. The van der Waals surface area contributed by atoms with E-state index in [4.69, 9.17) is 11.5 Å². The molecule has 0 saturated carbocycles. The van der Waals surface area contributed by atoms with Crippen molar-refractivity contribution in [3.8, 4) is 0 Å². The van der Waals surface area contributed by atoms with Crippen LogP contribution in [0.25, 0.3) is 0 Å². The minimum Gasteiger partial charge on any atom is -0.448 e. The zero-order valence-corrected chi connectivity index (χ0v) is 10.7. The van der Waals surface area contributed by atoms with Gasteiger partial charge < -0.3 is 21.5 Å². The number of aromatic nitrogens is 2. The smallest absolute Gasteiger partial charge is 0.404 e. The van der Waals surface area contributed by atoms with Crippen LogP contribution >= 0.6 is 0 Å². The van der Waals surface area contributed by atoms with Crippen LogP contribution in [0.15, 0.2) is 0 Å². The molecule has 1 rings (SSSR count). The highest BCUT2D eigenvalue weighted by Gasteiger charge is 2.07. The molecule has 0 aliphatic heterocycles. The quantitative estimate of drug-likeness (QED) is 0.646. The van der Waals surface area contributed by atoms with Crippen molar-refractivity contribution < 1.29 is 9.53 Å². The molecule has 0 atom stereocenters. The maximum absolute atomic E-state index is 10.4. The molecule has 0 bridgehead atoms. The van der Waals surface area contributed by atoms with Gasteiger partial charge in [-0.3, -0.25) is 0 Å². The second-order valence-corrected chi connectivity index (χ2v) is 3.84. The molecule has 1 amide bonds. The lowest BCUT2D eigenvalue weighted by atomic mass is 10.2. The van der Waals surface area contributed by atoms with E-state index in [1.165, 1.54) is 0 Å². The van der Waals surface area contributed by atoms with Gasteiger partial charge >= 0.3 is 6.09 Å². The Balaban J connectivity index is 2.65. The summed E-state index contributed by atoms with van der Waals surface area (Å²) in [4.78, 5) is 19.0. The first kappa shape index (κ1) is 14.0. The summed E-state index contributed by atoms with van der Waals surface area (Å²) < 4.78 is 4.61. The van der Waals surface area contributed by atoms with Crippen molar-refractivity contribution in [1.29, 1.82) is 0 Å². The third-order valence-electron chi connectivity index (χ3n) is 2.34. The van der Waals surface area contributed by atoms with Crippen LogP contribution in [0.4, 0.5) is 16.4 Å². The van der Waals surface area contributed by atoms with Gasteiger partial charge in [0, 0.05) is 12.0 Å². The standard InChI is InChI=1S/C11H19N5O2/c1-3-4-8-15-9(12)7(2)10(16-8)14-5-6-18-11(13)17/h3-6H2,1-2H3,(H2,13,17)(H3,12,14,15,16). The number of nitrogens with zero attached hydrogens (tertiary/aromatic N) is 2. The number of primary amides is 1. The number of rotatable bonds is 6. The first-order valence-electron chi connectivity index (χ1n) is 5.83. The van der Waals surface area contributed by atoms with E-state index in [2.05, 4.69) is 20.0 Å². The fourth-order valence-electron chi connectivity index (χ4n) is 1.41. The number of hydrogen-bond donors (Lipinski definition) is 3. The van der Waals surface area contributed by atoms with Crippen LogP contribution in [0.1, 0.15) is 24.7 Å². The number of anilines is 2. The molecule has 0 saturated heterocycles. The molecule has 5 N–H and O–H groups in total. The average Bonchev–Trinajstić information content (AvgIpc) is 2.30. The topological polar surface area (TPSA) is 116 Å². The lowest BCUT2D eigenvalue weighted by Crippen LogP contribution is -2.19. The lowest BCUT2D eigenvalue weighted by Gasteiger charge is -2.11. The van der Waals surface area contributed by atoms with E-state index in [1.807, 2.05) is 13.8 Å². The van der Waals surface area contributed by atoms with Gasteiger partial charge in [-0.15, -0.1) is 0 Å². The fraction of sp³-hybridized carbons (Fsp3) is 0.545. The highest BCUT2D eigenvalue weighted by Crippen LogP contribution is 2.17. The molecule has 1 aromatic rings. The monoisotopic (exact) mass is 253 g/mol. The van der Waals surface area contributed by atoms with E-state index in [1.54, 1.807) is 0 Å². The van der Waals surface area contributed by atoms with Gasteiger partial charge in [0.15, 0.2) is 0 Å². The van der Waals surface area contributed by atoms with E-state index in [0.717, 1.165) is 18.4 Å². The van der Waals surface area contributed by atoms with Gasteiger partial charge in [0.25, 0.3) is 0 Å². The summed E-state index contributed by atoms with van der Waals surface area (Å²) in [5.41, 5.74) is 11.4. The van der Waals surface area contributed by atoms with Gasteiger partial charge in [-0.05, 0) is 13.3 Å². The predicted molar refractivity (Wildman–Crippen MR) is 69.2 cm³/mol. The summed E-state index contributed by atoms with van der Waals surface area (Å²) >= 11 is 0. The molecule has 0 aliphatic rings. The molecule has 0 aliphatic carbocycles. The number of amides is 1. The zero-order valence-electron chi connectivity index (χ0n) is 10.7. The van der Waals surface area contributed by atoms with Crippen molar-refractivity contribution in [3.63, 3.8) is 0 Å². The molecule has 0 radical (unpaired) electrons. The van der Waals surface area contributed by atoms with Crippen LogP contribution in [0.3, 0.4) is 0 Å². The largest absolute Gasteiger partial charge is 0.448 e. The van der Waals surface area contributed by atoms with Gasteiger partial charge in [-0.25, -0.2) is 14.8 Å². The minimum atomic E-state index is -0.789. The van der Waals surface area contributed by atoms with Crippen molar-refractivity contribution in [2.45, 2.75) is 26.7 Å². The van der Waals surface area contributed by atoms with Gasteiger partial charge in [-0.2, -0.15) is 0 Å². The maximum atomic E-state index is 10.4. The molecule has 7 heteroatoms. The fourth-order valence-corrected chi connectivity index (χ4v) is 1.41. The molecule has 1 aromatic heterocycles. The molecule has 1 heterocycles. The molecule has 0 spiro atoms. The minimum absolute atomic E-state index is 0.182. The van der Waals surface area contributed by atoms with Crippen LogP contribution in [-0.2, 0) is 11.2 Å². The third-order valence-corrected chi connectivity index (χ3v) is 2.34. The predicted octanol–water partition coefficient (Wildman–Crippen LogP) is 0.827. The number of ether oxygens (including phenoxy) is 1. The molecule has 0 unspecified atom stereocenters. The number of hydrogen-bond acceptors (Lipinski definition) is 6. The summed E-state index contributed by atoms with van der Waals surface area (Å²) in [6, 6.07) is 0. The Labute approximate surface area is 106 Å². The highest BCUT2D eigenvalue weighted by molar-refractivity contribution is 5.64. The van der Waals surface area contributed by atoms with E-state index >= 15 is 0 Å². The summed E-state index contributed by atoms with van der Waals surface area (Å²) in [5, 5.41) is 3.04. The SMILES string of the molecule is CCCc1nc(N)c(C)c(NCCOC(N)=O)n1. The Morgan fingerprint density at radius 1 is 1.44 bits per heavy atom. The van der Waals surface area contributed by atoms with Crippen molar-refractivity contribution in [3.05, 3.63) is 11.4 Å². The first-order valence-corrected chi connectivity index (χ1v) is 5.83. The number of aryl methyl sites for hydroxylation is 1. The van der Waals surface area contributed by atoms with Crippen molar-refractivity contribution in [2.24, 2.45) is 5.73 Å². The van der Waals surface area contributed by atoms with E-state index in [-0.39, 0.29) is 6.61 Å². The van der Waals surface area contributed by atoms with Crippen LogP contribution < -0.4 is 16.8 Å². The van der Waals surface area contributed by atoms with E-state index in [9.17, 15) is 4.79 Å². The van der Waals surface area contributed by atoms with E-state index in [0.29, 0.717) is 24.0 Å². The summed E-state index contributed by atoms with van der Waals surface area (Å²) in [6.07, 6.45) is 0.936. The second kappa shape index (κ2) is 6.63.